The summed E-state index contributed by atoms with van der Waals surface area (Å²) in [7, 11) is 0. The van der Waals surface area contributed by atoms with Gasteiger partial charge in [-0.15, -0.1) is 0 Å². The molecule has 0 bridgehead atoms. The Morgan fingerprint density at radius 1 is 1.04 bits per heavy atom. The molecule has 3 aromatic rings. The van der Waals surface area contributed by atoms with Gasteiger partial charge in [0, 0.05) is 29.3 Å². The molecule has 23 heavy (non-hydrogen) atoms. The largest absolute Gasteiger partial charge is 0.508 e. The summed E-state index contributed by atoms with van der Waals surface area (Å²) in [6, 6.07) is 7.80. The predicted octanol–water partition coefficient (Wildman–Crippen LogP) is 2.76. The van der Waals surface area contributed by atoms with Crippen molar-refractivity contribution in [1.82, 2.24) is 4.98 Å². The van der Waals surface area contributed by atoms with E-state index in [1.165, 1.54) is 18.2 Å². The number of benzene rings is 2. The van der Waals surface area contributed by atoms with Crippen molar-refractivity contribution in [3.63, 3.8) is 0 Å². The van der Waals surface area contributed by atoms with Gasteiger partial charge in [-0.1, -0.05) is 0 Å². The number of H-pyrrole nitrogens is 1. The second kappa shape index (κ2) is 5.53. The smallest absolute Gasteiger partial charge is 0.256 e. The van der Waals surface area contributed by atoms with Gasteiger partial charge in [-0.25, -0.2) is 8.78 Å². The summed E-state index contributed by atoms with van der Waals surface area (Å²) in [5.41, 5.74) is -0.320. The Kier molecular flexibility index (Phi) is 3.53. The number of hydrogen-bond donors (Lipinski definition) is 3. The first-order valence-corrected chi connectivity index (χ1v) is 6.56. The predicted molar refractivity (Wildman–Crippen MR) is 80.5 cm³/mol. The maximum Gasteiger partial charge on any atom is 0.256 e. The van der Waals surface area contributed by atoms with E-state index in [1.54, 1.807) is 0 Å². The summed E-state index contributed by atoms with van der Waals surface area (Å²) in [6.45, 7) is 0. The van der Waals surface area contributed by atoms with E-state index >= 15 is 0 Å². The minimum atomic E-state index is -0.832. The highest BCUT2D eigenvalue weighted by Crippen LogP contribution is 2.21. The van der Waals surface area contributed by atoms with E-state index < -0.39 is 23.1 Å². The third-order valence-corrected chi connectivity index (χ3v) is 3.19. The van der Waals surface area contributed by atoms with Crippen LogP contribution in [0.15, 0.2) is 47.3 Å². The van der Waals surface area contributed by atoms with Crippen LogP contribution in [0.25, 0.3) is 10.9 Å². The number of carbonyl (C=O) groups is 1. The number of pyridine rings is 1. The van der Waals surface area contributed by atoms with Gasteiger partial charge in [0.1, 0.15) is 17.4 Å². The van der Waals surface area contributed by atoms with Crippen molar-refractivity contribution >= 4 is 22.5 Å². The van der Waals surface area contributed by atoms with Crippen LogP contribution in [0.3, 0.4) is 0 Å². The Morgan fingerprint density at radius 2 is 1.74 bits per heavy atom. The Balaban J connectivity index is 2.05. The van der Waals surface area contributed by atoms with Gasteiger partial charge in [-0.3, -0.25) is 9.59 Å². The number of nitrogens with one attached hydrogen (secondary N) is 2. The maximum absolute atomic E-state index is 13.2. The molecule has 0 aliphatic rings. The van der Waals surface area contributed by atoms with Crippen molar-refractivity contribution in [2.45, 2.75) is 0 Å². The number of anilines is 1. The lowest BCUT2D eigenvalue weighted by molar-refractivity contribution is 0.102. The van der Waals surface area contributed by atoms with Crippen LogP contribution in [-0.2, 0) is 0 Å². The second-order valence-corrected chi connectivity index (χ2v) is 4.89. The molecular formula is C16H10F2N2O3. The van der Waals surface area contributed by atoms with Crippen LogP contribution in [0.4, 0.5) is 14.5 Å². The molecule has 0 radical (unpaired) electrons. The number of aromatic hydroxyl groups is 1. The van der Waals surface area contributed by atoms with Crippen molar-refractivity contribution in [3.8, 4) is 5.75 Å². The van der Waals surface area contributed by atoms with Gasteiger partial charge < -0.3 is 15.4 Å². The summed E-state index contributed by atoms with van der Waals surface area (Å²) >= 11 is 0. The van der Waals surface area contributed by atoms with Crippen LogP contribution in [0.5, 0.6) is 5.75 Å². The summed E-state index contributed by atoms with van der Waals surface area (Å²) in [4.78, 5) is 26.5. The first kappa shape index (κ1) is 14.7. The number of phenols is 1. The molecule has 0 spiro atoms. The lowest BCUT2D eigenvalue weighted by atomic mass is 10.1. The molecule has 0 saturated heterocycles. The molecule has 0 atom stereocenters. The molecule has 116 valence electrons. The molecule has 0 unspecified atom stereocenters. The number of fused-ring (bicyclic) bond motifs is 1. The van der Waals surface area contributed by atoms with E-state index in [4.69, 9.17) is 0 Å². The van der Waals surface area contributed by atoms with Crippen molar-refractivity contribution in [1.29, 1.82) is 0 Å². The number of halogens is 2. The number of amides is 1. The standard InChI is InChI=1S/C16H10F2N2O3/c17-8-3-9(18)5-10(4-8)19-16(23)13-7-15(22)20-14-6-11(21)1-2-12(13)14/h1-7,21H,(H,19,23)(H,20,22). The van der Waals surface area contributed by atoms with Gasteiger partial charge in [0.15, 0.2) is 0 Å². The van der Waals surface area contributed by atoms with Crippen molar-refractivity contribution in [3.05, 3.63) is 70.0 Å². The average Bonchev–Trinajstić information content (AvgIpc) is 2.44. The average molecular weight is 316 g/mol. The molecule has 7 heteroatoms. The molecule has 1 aromatic heterocycles. The monoisotopic (exact) mass is 316 g/mol. The molecule has 3 rings (SSSR count). The highest BCUT2D eigenvalue weighted by molar-refractivity contribution is 6.12. The second-order valence-electron chi connectivity index (χ2n) is 4.89. The van der Waals surface area contributed by atoms with Crippen LogP contribution in [-0.4, -0.2) is 16.0 Å². The summed E-state index contributed by atoms with van der Waals surface area (Å²) in [5, 5.41) is 12.2. The van der Waals surface area contributed by atoms with Crippen LogP contribution in [0.1, 0.15) is 10.4 Å². The minimum absolute atomic E-state index is 0.0217. The number of aromatic amines is 1. The number of phenolic OH excluding ortho intramolecular Hbond substituents is 1. The Bertz CT molecular complexity index is 962. The molecule has 0 aliphatic carbocycles. The molecular weight excluding hydrogens is 306 g/mol. The molecule has 2 aromatic carbocycles. The van der Waals surface area contributed by atoms with Crippen molar-refractivity contribution < 1.29 is 18.7 Å². The van der Waals surface area contributed by atoms with Crippen molar-refractivity contribution in [2.24, 2.45) is 0 Å². The fraction of sp³-hybridized carbons (Fsp3) is 0. The Labute approximate surface area is 128 Å². The number of rotatable bonds is 2. The van der Waals surface area contributed by atoms with Gasteiger partial charge >= 0.3 is 0 Å². The number of hydrogen-bond acceptors (Lipinski definition) is 3. The van der Waals surface area contributed by atoms with E-state index in [-0.39, 0.29) is 22.5 Å². The molecule has 5 nitrogen and oxygen atoms in total. The summed E-state index contributed by atoms with van der Waals surface area (Å²) in [5.74, 6) is -2.43. The van der Waals surface area contributed by atoms with E-state index in [2.05, 4.69) is 10.3 Å². The fourth-order valence-electron chi connectivity index (χ4n) is 2.26. The van der Waals surface area contributed by atoms with Crippen LogP contribution >= 0.6 is 0 Å². The topological polar surface area (TPSA) is 82.2 Å². The van der Waals surface area contributed by atoms with E-state index in [0.29, 0.717) is 11.5 Å². The summed E-state index contributed by atoms with van der Waals surface area (Å²) < 4.78 is 26.3. The zero-order valence-electron chi connectivity index (χ0n) is 11.6. The summed E-state index contributed by atoms with van der Waals surface area (Å²) in [6.07, 6.45) is 0. The fourth-order valence-corrected chi connectivity index (χ4v) is 2.26. The zero-order valence-corrected chi connectivity index (χ0v) is 11.6. The Morgan fingerprint density at radius 3 is 2.43 bits per heavy atom. The van der Waals surface area contributed by atoms with E-state index in [1.807, 2.05) is 0 Å². The van der Waals surface area contributed by atoms with Gasteiger partial charge in [-0.2, -0.15) is 0 Å². The molecule has 1 amide bonds. The molecule has 3 N–H and O–H groups in total. The number of aromatic nitrogens is 1. The zero-order chi connectivity index (χ0) is 16.6. The van der Waals surface area contributed by atoms with Crippen LogP contribution < -0.4 is 10.9 Å². The van der Waals surface area contributed by atoms with E-state index in [9.17, 15) is 23.5 Å². The first-order chi connectivity index (χ1) is 10.9. The number of carbonyl (C=O) groups excluding carboxylic acids is 1. The van der Waals surface area contributed by atoms with Gasteiger partial charge in [0.05, 0.1) is 11.1 Å². The highest BCUT2D eigenvalue weighted by Gasteiger charge is 2.13. The van der Waals surface area contributed by atoms with E-state index in [0.717, 1.165) is 18.2 Å². The van der Waals surface area contributed by atoms with Crippen LogP contribution in [0, 0.1) is 11.6 Å². The lowest BCUT2D eigenvalue weighted by Crippen LogP contribution is -2.17. The van der Waals surface area contributed by atoms with Gasteiger partial charge in [-0.05, 0) is 24.3 Å². The third kappa shape index (κ3) is 3.03. The molecule has 1 heterocycles. The normalized spacial score (nSPS) is 10.7. The van der Waals surface area contributed by atoms with Gasteiger partial charge in [0.2, 0.25) is 5.56 Å². The van der Waals surface area contributed by atoms with Crippen LogP contribution in [0.2, 0.25) is 0 Å². The third-order valence-electron chi connectivity index (χ3n) is 3.19. The molecule has 0 fully saturated rings. The SMILES string of the molecule is O=C(Nc1cc(F)cc(F)c1)c1cc(=O)[nH]c2cc(O)ccc12. The minimum Gasteiger partial charge on any atom is -0.508 e. The highest BCUT2D eigenvalue weighted by atomic mass is 19.1. The first-order valence-electron chi connectivity index (χ1n) is 6.56. The molecule has 0 aliphatic heterocycles. The quantitative estimate of drug-likeness (QED) is 0.680. The molecule has 0 saturated carbocycles. The van der Waals surface area contributed by atoms with Gasteiger partial charge in [0.25, 0.3) is 5.91 Å². The lowest BCUT2D eigenvalue weighted by Gasteiger charge is -2.08. The maximum atomic E-state index is 13.2. The van der Waals surface area contributed by atoms with Crippen molar-refractivity contribution in [2.75, 3.05) is 5.32 Å². The Hall–Kier alpha value is -3.22.